The summed E-state index contributed by atoms with van der Waals surface area (Å²) in [5.74, 6) is -1.15. The first-order valence-corrected chi connectivity index (χ1v) is 5.36. The molecule has 0 spiro atoms. The van der Waals surface area contributed by atoms with Crippen LogP contribution in [0.1, 0.15) is 23.2 Å². The van der Waals surface area contributed by atoms with Gasteiger partial charge in [-0.25, -0.2) is 9.18 Å². The molecular weight excluding hydrogens is 225 g/mol. The molecule has 1 aromatic carbocycles. The lowest BCUT2D eigenvalue weighted by Crippen LogP contribution is -2.08. The Morgan fingerprint density at radius 3 is 2.71 bits per heavy atom. The summed E-state index contributed by atoms with van der Waals surface area (Å²) in [6.07, 6.45) is 1.54. The first-order valence-electron chi connectivity index (χ1n) is 5.36. The lowest BCUT2D eigenvalue weighted by atomic mass is 10.2. The number of hydrogen-bond donors (Lipinski definition) is 1. The first-order chi connectivity index (χ1) is 8.15. The molecule has 0 aliphatic carbocycles. The van der Waals surface area contributed by atoms with Crippen LogP contribution in [0.4, 0.5) is 10.1 Å². The molecule has 1 rings (SSSR count). The second-order valence-corrected chi connectivity index (χ2v) is 3.57. The zero-order valence-electron chi connectivity index (χ0n) is 9.74. The highest BCUT2D eigenvalue weighted by atomic mass is 19.1. The zero-order valence-corrected chi connectivity index (χ0v) is 9.74. The molecule has 0 aliphatic heterocycles. The number of methoxy groups -OCH3 is 1. The Balaban J connectivity index is 2.39. The number of ether oxygens (including phenoxy) is 2. The Morgan fingerprint density at radius 1 is 1.35 bits per heavy atom. The summed E-state index contributed by atoms with van der Waals surface area (Å²) in [6, 6.07) is 3.86. The van der Waals surface area contributed by atoms with Gasteiger partial charge in [-0.05, 0) is 31.0 Å². The molecule has 0 amide bonds. The monoisotopic (exact) mass is 241 g/mol. The van der Waals surface area contributed by atoms with Crippen LogP contribution in [0.25, 0.3) is 0 Å². The van der Waals surface area contributed by atoms with Gasteiger partial charge in [0, 0.05) is 13.7 Å². The Labute approximate surface area is 99.5 Å². The molecule has 0 aromatic heterocycles. The molecule has 94 valence electrons. The van der Waals surface area contributed by atoms with E-state index in [-0.39, 0.29) is 11.3 Å². The SMILES string of the molecule is COCCCCOC(=O)c1ccc(N)c(F)c1. The maximum atomic E-state index is 13.1. The third kappa shape index (κ3) is 4.40. The summed E-state index contributed by atoms with van der Waals surface area (Å²) < 4.78 is 22.9. The van der Waals surface area contributed by atoms with Gasteiger partial charge in [0.1, 0.15) is 5.82 Å². The molecule has 0 aliphatic rings. The molecule has 2 N–H and O–H groups in total. The van der Waals surface area contributed by atoms with Gasteiger partial charge in [0.25, 0.3) is 0 Å². The number of esters is 1. The minimum atomic E-state index is -0.612. The average molecular weight is 241 g/mol. The second kappa shape index (κ2) is 6.85. The van der Waals surface area contributed by atoms with Crippen LogP contribution in [0, 0.1) is 5.82 Å². The Bertz CT molecular complexity index is 382. The van der Waals surface area contributed by atoms with E-state index >= 15 is 0 Å². The van der Waals surface area contributed by atoms with Crippen LogP contribution >= 0.6 is 0 Å². The maximum Gasteiger partial charge on any atom is 0.338 e. The van der Waals surface area contributed by atoms with Gasteiger partial charge in [0.15, 0.2) is 0 Å². The van der Waals surface area contributed by atoms with Gasteiger partial charge in [-0.15, -0.1) is 0 Å². The predicted octanol–water partition coefficient (Wildman–Crippen LogP) is 1.99. The molecule has 0 saturated carbocycles. The molecule has 0 atom stereocenters. The minimum Gasteiger partial charge on any atom is -0.462 e. The number of carbonyl (C=O) groups is 1. The van der Waals surface area contributed by atoms with E-state index in [1.54, 1.807) is 7.11 Å². The van der Waals surface area contributed by atoms with E-state index in [0.29, 0.717) is 13.2 Å². The van der Waals surface area contributed by atoms with E-state index < -0.39 is 11.8 Å². The predicted molar refractivity (Wildman–Crippen MR) is 62.2 cm³/mol. The number of nitrogen functional groups attached to an aromatic ring is 1. The van der Waals surface area contributed by atoms with Gasteiger partial charge < -0.3 is 15.2 Å². The average Bonchev–Trinajstić information content (AvgIpc) is 2.32. The fourth-order valence-electron chi connectivity index (χ4n) is 1.25. The van der Waals surface area contributed by atoms with Crippen LogP contribution in [-0.4, -0.2) is 26.3 Å². The largest absolute Gasteiger partial charge is 0.462 e. The van der Waals surface area contributed by atoms with Gasteiger partial charge in [-0.1, -0.05) is 0 Å². The highest BCUT2D eigenvalue weighted by Gasteiger charge is 2.09. The van der Waals surface area contributed by atoms with Crippen molar-refractivity contribution in [3.8, 4) is 0 Å². The summed E-state index contributed by atoms with van der Waals surface area (Å²) in [7, 11) is 1.61. The summed E-state index contributed by atoms with van der Waals surface area (Å²) in [6.45, 7) is 0.933. The molecule has 0 fully saturated rings. The third-order valence-electron chi connectivity index (χ3n) is 2.21. The molecule has 0 bridgehead atoms. The number of unbranched alkanes of at least 4 members (excludes halogenated alkanes) is 1. The van der Waals surface area contributed by atoms with Crippen LogP contribution in [-0.2, 0) is 9.47 Å². The molecule has 1 aromatic rings. The van der Waals surface area contributed by atoms with Gasteiger partial charge in [-0.3, -0.25) is 0 Å². The number of benzene rings is 1. The fourth-order valence-corrected chi connectivity index (χ4v) is 1.25. The van der Waals surface area contributed by atoms with Crippen molar-refractivity contribution in [2.24, 2.45) is 0 Å². The van der Waals surface area contributed by atoms with Crippen LogP contribution in [0.15, 0.2) is 18.2 Å². The molecule has 17 heavy (non-hydrogen) atoms. The number of anilines is 1. The van der Waals surface area contributed by atoms with E-state index in [0.717, 1.165) is 18.9 Å². The summed E-state index contributed by atoms with van der Waals surface area (Å²) in [5.41, 5.74) is 5.49. The normalized spacial score (nSPS) is 10.2. The molecule has 0 heterocycles. The highest BCUT2D eigenvalue weighted by Crippen LogP contribution is 2.12. The van der Waals surface area contributed by atoms with Crippen molar-refractivity contribution in [3.05, 3.63) is 29.6 Å². The minimum absolute atomic E-state index is 0.0154. The summed E-state index contributed by atoms with van der Waals surface area (Å²) >= 11 is 0. The van der Waals surface area contributed by atoms with Crippen molar-refractivity contribution in [2.75, 3.05) is 26.1 Å². The van der Waals surface area contributed by atoms with Gasteiger partial charge in [-0.2, -0.15) is 0 Å². The van der Waals surface area contributed by atoms with Crippen LogP contribution in [0.5, 0.6) is 0 Å². The van der Waals surface area contributed by atoms with Crippen LogP contribution < -0.4 is 5.73 Å². The molecular formula is C12H16FNO3. The molecule has 0 radical (unpaired) electrons. The van der Waals surface area contributed by atoms with E-state index in [4.69, 9.17) is 15.2 Å². The van der Waals surface area contributed by atoms with Crippen molar-refractivity contribution < 1.29 is 18.7 Å². The summed E-state index contributed by atoms with van der Waals surface area (Å²) in [5, 5.41) is 0. The quantitative estimate of drug-likeness (QED) is 0.470. The molecule has 0 unspecified atom stereocenters. The Morgan fingerprint density at radius 2 is 2.06 bits per heavy atom. The third-order valence-corrected chi connectivity index (χ3v) is 2.21. The van der Waals surface area contributed by atoms with E-state index in [9.17, 15) is 9.18 Å². The number of hydrogen-bond acceptors (Lipinski definition) is 4. The number of halogens is 1. The van der Waals surface area contributed by atoms with Gasteiger partial charge in [0.2, 0.25) is 0 Å². The smallest absolute Gasteiger partial charge is 0.338 e. The second-order valence-electron chi connectivity index (χ2n) is 3.57. The van der Waals surface area contributed by atoms with Crippen molar-refractivity contribution in [1.82, 2.24) is 0 Å². The fraction of sp³-hybridized carbons (Fsp3) is 0.417. The van der Waals surface area contributed by atoms with Crippen LogP contribution in [0.3, 0.4) is 0 Å². The van der Waals surface area contributed by atoms with E-state index in [1.165, 1.54) is 12.1 Å². The summed E-state index contributed by atoms with van der Waals surface area (Å²) in [4.78, 5) is 11.5. The lowest BCUT2D eigenvalue weighted by molar-refractivity contribution is 0.0488. The topological polar surface area (TPSA) is 61.5 Å². The van der Waals surface area contributed by atoms with Crippen LogP contribution in [0.2, 0.25) is 0 Å². The lowest BCUT2D eigenvalue weighted by Gasteiger charge is -2.05. The maximum absolute atomic E-state index is 13.1. The molecule has 4 nitrogen and oxygen atoms in total. The standard InChI is InChI=1S/C12H16FNO3/c1-16-6-2-3-7-17-12(15)9-4-5-11(14)10(13)8-9/h4-5,8H,2-3,6-7,14H2,1H3. The van der Waals surface area contributed by atoms with Crippen molar-refractivity contribution >= 4 is 11.7 Å². The highest BCUT2D eigenvalue weighted by molar-refractivity contribution is 5.89. The zero-order chi connectivity index (χ0) is 12.7. The molecule has 0 saturated heterocycles. The van der Waals surface area contributed by atoms with Crippen molar-refractivity contribution in [2.45, 2.75) is 12.8 Å². The number of rotatable bonds is 6. The Hall–Kier alpha value is -1.62. The first kappa shape index (κ1) is 13.4. The van der Waals surface area contributed by atoms with E-state index in [1.807, 2.05) is 0 Å². The van der Waals surface area contributed by atoms with Crippen molar-refractivity contribution in [1.29, 1.82) is 0 Å². The number of carbonyl (C=O) groups excluding carboxylic acids is 1. The van der Waals surface area contributed by atoms with Gasteiger partial charge in [0.05, 0.1) is 17.9 Å². The Kier molecular flexibility index (Phi) is 5.42. The van der Waals surface area contributed by atoms with Crippen molar-refractivity contribution in [3.63, 3.8) is 0 Å². The van der Waals surface area contributed by atoms with E-state index in [2.05, 4.69) is 0 Å². The van der Waals surface area contributed by atoms with Gasteiger partial charge >= 0.3 is 5.97 Å². The number of nitrogens with two attached hydrogens (primary N) is 1. The molecule has 5 heteroatoms.